The van der Waals surface area contributed by atoms with Gasteiger partial charge in [-0.2, -0.15) is 11.8 Å². The third-order valence-corrected chi connectivity index (χ3v) is 4.35. The van der Waals surface area contributed by atoms with Gasteiger partial charge in [0.15, 0.2) is 5.82 Å². The largest absolute Gasteiger partial charge is 0.469 e. The average molecular weight is 284 g/mol. The van der Waals surface area contributed by atoms with Crippen LogP contribution in [0.1, 0.15) is 50.4 Å². The lowest BCUT2D eigenvalue weighted by atomic mass is 9.96. The summed E-state index contributed by atoms with van der Waals surface area (Å²) >= 11 is 1.67. The molecule has 1 saturated carbocycles. The molecule has 2 rings (SSSR count). The van der Waals surface area contributed by atoms with Crippen molar-refractivity contribution >= 4 is 17.7 Å². The first kappa shape index (κ1) is 14.3. The van der Waals surface area contributed by atoms with E-state index in [-0.39, 0.29) is 5.97 Å². The van der Waals surface area contributed by atoms with Gasteiger partial charge in [0, 0.05) is 5.75 Å². The quantitative estimate of drug-likeness (QED) is 0.587. The molecule has 0 N–H and O–H groups in total. The first-order chi connectivity index (χ1) is 9.31. The summed E-state index contributed by atoms with van der Waals surface area (Å²) in [6, 6.07) is 0.458. The fraction of sp³-hybridized carbons (Fsp3) is 0.833. The van der Waals surface area contributed by atoms with Gasteiger partial charge in [-0.05, 0) is 23.3 Å². The number of aromatic nitrogens is 4. The van der Waals surface area contributed by atoms with E-state index in [9.17, 15) is 4.79 Å². The van der Waals surface area contributed by atoms with Crippen LogP contribution in [-0.4, -0.2) is 39.0 Å². The van der Waals surface area contributed by atoms with E-state index in [0.717, 1.165) is 17.3 Å². The molecule has 0 radical (unpaired) electrons. The van der Waals surface area contributed by atoms with Gasteiger partial charge in [0.25, 0.3) is 0 Å². The molecule has 1 aliphatic carbocycles. The topological polar surface area (TPSA) is 69.9 Å². The number of methoxy groups -OCH3 is 1. The molecule has 0 aromatic carbocycles. The molecule has 0 spiro atoms. The minimum absolute atomic E-state index is 0.167. The Hall–Kier alpha value is -1.11. The van der Waals surface area contributed by atoms with Gasteiger partial charge in [0.2, 0.25) is 0 Å². The van der Waals surface area contributed by atoms with Gasteiger partial charge < -0.3 is 4.74 Å². The maximum Gasteiger partial charge on any atom is 0.306 e. The molecule has 0 unspecified atom stereocenters. The van der Waals surface area contributed by atoms with Gasteiger partial charge in [-0.25, -0.2) is 4.68 Å². The Balaban J connectivity index is 1.80. The third-order valence-electron chi connectivity index (χ3n) is 3.39. The molecule has 1 aliphatic rings. The average Bonchev–Trinajstić information content (AvgIpc) is 2.92. The Morgan fingerprint density at radius 1 is 1.42 bits per heavy atom. The molecule has 6 nitrogen and oxygen atoms in total. The Morgan fingerprint density at radius 2 is 2.21 bits per heavy atom. The Bertz CT molecular complexity index is 404. The van der Waals surface area contributed by atoms with Crippen LogP contribution in [0.5, 0.6) is 0 Å². The van der Waals surface area contributed by atoms with Gasteiger partial charge >= 0.3 is 5.97 Å². The fourth-order valence-corrected chi connectivity index (χ4v) is 3.17. The van der Waals surface area contributed by atoms with Crippen LogP contribution in [0.15, 0.2) is 0 Å². The van der Waals surface area contributed by atoms with Crippen LogP contribution in [0.3, 0.4) is 0 Å². The van der Waals surface area contributed by atoms with E-state index < -0.39 is 0 Å². The summed E-state index contributed by atoms with van der Waals surface area (Å²) in [5, 5.41) is 12.0. The summed E-state index contributed by atoms with van der Waals surface area (Å²) in [6.45, 7) is 0. The lowest BCUT2D eigenvalue weighted by molar-refractivity contribution is -0.140. The molecule has 1 fully saturated rings. The van der Waals surface area contributed by atoms with Crippen molar-refractivity contribution in [2.75, 3.05) is 12.9 Å². The second kappa shape index (κ2) is 7.47. The number of hydrogen-bond acceptors (Lipinski definition) is 6. The molecule has 0 aliphatic heterocycles. The highest BCUT2D eigenvalue weighted by atomic mass is 32.2. The number of rotatable bonds is 6. The van der Waals surface area contributed by atoms with Crippen LogP contribution in [0.25, 0.3) is 0 Å². The third kappa shape index (κ3) is 4.19. The van der Waals surface area contributed by atoms with Crippen molar-refractivity contribution in [3.63, 3.8) is 0 Å². The normalized spacial score (nSPS) is 16.5. The van der Waals surface area contributed by atoms with Crippen LogP contribution in [-0.2, 0) is 15.3 Å². The molecular formula is C12H20N4O2S. The zero-order chi connectivity index (χ0) is 13.5. The summed E-state index contributed by atoms with van der Waals surface area (Å²) < 4.78 is 6.59. The molecule has 0 atom stereocenters. The minimum Gasteiger partial charge on any atom is -0.469 e. The summed E-state index contributed by atoms with van der Waals surface area (Å²) in [5.74, 6) is 2.24. The smallest absolute Gasteiger partial charge is 0.306 e. The number of carbonyl (C=O) groups excluding carboxylic acids is 1. The molecule has 0 saturated heterocycles. The van der Waals surface area contributed by atoms with Crippen LogP contribution < -0.4 is 0 Å². The first-order valence-corrected chi connectivity index (χ1v) is 7.88. The molecule has 7 heteroatoms. The van der Waals surface area contributed by atoms with Crippen molar-refractivity contribution in [3.8, 4) is 0 Å². The van der Waals surface area contributed by atoms with Crippen molar-refractivity contribution < 1.29 is 9.53 Å². The monoisotopic (exact) mass is 284 g/mol. The van der Waals surface area contributed by atoms with E-state index >= 15 is 0 Å². The van der Waals surface area contributed by atoms with E-state index in [1.54, 1.807) is 11.8 Å². The highest BCUT2D eigenvalue weighted by Gasteiger charge is 2.19. The van der Waals surface area contributed by atoms with Crippen LogP contribution >= 0.6 is 11.8 Å². The molecule has 106 valence electrons. The van der Waals surface area contributed by atoms with Crippen molar-refractivity contribution in [1.82, 2.24) is 20.2 Å². The second-order valence-corrected chi connectivity index (χ2v) is 5.82. The molecule has 1 heterocycles. The predicted molar refractivity (Wildman–Crippen MR) is 72.7 cm³/mol. The van der Waals surface area contributed by atoms with Crippen LogP contribution in [0.4, 0.5) is 0 Å². The highest BCUT2D eigenvalue weighted by molar-refractivity contribution is 7.98. The van der Waals surface area contributed by atoms with E-state index in [2.05, 4.69) is 20.3 Å². The number of ether oxygens (including phenoxy) is 1. The molecular weight excluding hydrogens is 264 g/mol. The maximum absolute atomic E-state index is 11.0. The maximum atomic E-state index is 11.0. The Labute approximate surface area is 117 Å². The van der Waals surface area contributed by atoms with Gasteiger partial charge in [-0.3, -0.25) is 4.79 Å². The van der Waals surface area contributed by atoms with Gasteiger partial charge in [0.1, 0.15) is 0 Å². The fourth-order valence-electron chi connectivity index (χ4n) is 2.34. The zero-order valence-electron chi connectivity index (χ0n) is 11.2. The van der Waals surface area contributed by atoms with Crippen molar-refractivity contribution in [1.29, 1.82) is 0 Å². The van der Waals surface area contributed by atoms with E-state index in [0.29, 0.717) is 12.5 Å². The van der Waals surface area contributed by atoms with Crippen LogP contribution in [0.2, 0.25) is 0 Å². The minimum atomic E-state index is -0.167. The van der Waals surface area contributed by atoms with Gasteiger partial charge in [-0.15, -0.1) is 5.10 Å². The van der Waals surface area contributed by atoms with Crippen molar-refractivity contribution in [2.45, 2.75) is 50.3 Å². The first-order valence-electron chi connectivity index (χ1n) is 6.72. The van der Waals surface area contributed by atoms with Gasteiger partial charge in [-0.1, -0.05) is 19.3 Å². The lowest BCUT2D eigenvalue weighted by Crippen LogP contribution is -2.16. The predicted octanol–water partition coefficient (Wildman–Crippen LogP) is 1.97. The number of esters is 1. The summed E-state index contributed by atoms with van der Waals surface area (Å²) in [4.78, 5) is 11.0. The van der Waals surface area contributed by atoms with Gasteiger partial charge in [0.05, 0.1) is 25.3 Å². The Morgan fingerprint density at radius 3 is 2.95 bits per heavy atom. The summed E-state index contributed by atoms with van der Waals surface area (Å²) in [7, 11) is 1.41. The van der Waals surface area contributed by atoms with Crippen LogP contribution in [0, 0.1) is 0 Å². The Kier molecular flexibility index (Phi) is 5.62. The van der Waals surface area contributed by atoms with E-state index in [1.807, 2.05) is 4.68 Å². The number of thioether (sulfide) groups is 1. The number of nitrogens with zero attached hydrogens (tertiary/aromatic N) is 4. The summed E-state index contributed by atoms with van der Waals surface area (Å²) in [6.07, 6.45) is 6.63. The van der Waals surface area contributed by atoms with Crippen molar-refractivity contribution in [2.24, 2.45) is 0 Å². The van der Waals surface area contributed by atoms with Crippen molar-refractivity contribution in [3.05, 3.63) is 5.82 Å². The molecule has 1 aromatic heterocycles. The number of carbonyl (C=O) groups is 1. The second-order valence-electron chi connectivity index (χ2n) is 4.71. The molecule has 0 amide bonds. The number of hydrogen-bond donors (Lipinski definition) is 0. The summed E-state index contributed by atoms with van der Waals surface area (Å²) in [5.41, 5.74) is 0. The molecule has 1 aromatic rings. The van der Waals surface area contributed by atoms with E-state index in [1.165, 1.54) is 39.2 Å². The molecule has 19 heavy (non-hydrogen) atoms. The molecule has 0 bridgehead atoms. The lowest BCUT2D eigenvalue weighted by Gasteiger charge is -2.22. The standard InChI is InChI=1S/C12H20N4O2S/c1-18-12(17)7-8-19-9-11-13-14-15-16(11)10-5-3-2-4-6-10/h10H,2-9H2,1H3. The number of tetrazole rings is 1. The zero-order valence-corrected chi connectivity index (χ0v) is 12.1. The highest BCUT2D eigenvalue weighted by Crippen LogP contribution is 2.28. The van der Waals surface area contributed by atoms with E-state index in [4.69, 9.17) is 0 Å². The SMILES string of the molecule is COC(=O)CCSCc1nnnn1C1CCCCC1.